The van der Waals surface area contributed by atoms with Gasteiger partial charge in [0.15, 0.2) is 0 Å². The number of halogens is 1. The maximum absolute atomic E-state index is 15.4. The summed E-state index contributed by atoms with van der Waals surface area (Å²) in [5.74, 6) is 0. The monoisotopic (exact) mass is 426 g/mol. The second-order valence-electron chi connectivity index (χ2n) is 7.67. The Kier molecular flexibility index (Phi) is 7.01. The number of sulfone groups is 1. The first-order valence-corrected chi connectivity index (χ1v) is 11.5. The lowest BCUT2D eigenvalue weighted by Gasteiger charge is -2.27. The second kappa shape index (κ2) is 8.71. The van der Waals surface area contributed by atoms with Crippen molar-refractivity contribution in [3.8, 4) is 0 Å². The smallest absolute Gasteiger partial charge is 0.225 e. The Hall–Kier alpha value is -1.77. The van der Waals surface area contributed by atoms with Gasteiger partial charge < -0.3 is 4.90 Å². The molecular weight excluding hydrogens is 399 g/mol. The van der Waals surface area contributed by atoms with Crippen LogP contribution < -0.4 is 9.62 Å². The minimum atomic E-state index is -4.28. The van der Waals surface area contributed by atoms with Crippen molar-refractivity contribution < 1.29 is 17.0 Å². The summed E-state index contributed by atoms with van der Waals surface area (Å²) in [6, 6.07) is 13.0. The molecule has 28 heavy (non-hydrogen) atoms. The van der Waals surface area contributed by atoms with Gasteiger partial charge in [-0.1, -0.05) is 30.3 Å². The molecule has 0 amide bonds. The average molecular weight is 427 g/mol. The Morgan fingerprint density at radius 1 is 1.00 bits per heavy atom. The van der Waals surface area contributed by atoms with Gasteiger partial charge in [-0.3, -0.25) is 0 Å². The summed E-state index contributed by atoms with van der Waals surface area (Å²) in [6.07, 6.45) is 0. The van der Waals surface area contributed by atoms with Crippen LogP contribution in [0.15, 0.2) is 59.5 Å². The zero-order valence-electron chi connectivity index (χ0n) is 16.7. The SMILES string of the molecule is CN(C)c1ccc([C@H](N[S@](=O)C(C)(C)C)[C@H](F)S(=O)(=O)c2ccccc2)cc1. The van der Waals surface area contributed by atoms with Crippen molar-refractivity contribution in [2.75, 3.05) is 19.0 Å². The Morgan fingerprint density at radius 3 is 2.00 bits per heavy atom. The molecule has 0 heterocycles. The molecule has 8 heteroatoms. The van der Waals surface area contributed by atoms with Gasteiger partial charge in [0.25, 0.3) is 0 Å². The first kappa shape index (κ1) is 22.5. The maximum atomic E-state index is 15.4. The van der Waals surface area contributed by atoms with Crippen LogP contribution in [0.1, 0.15) is 32.4 Å². The Bertz CT molecular complexity index is 909. The summed E-state index contributed by atoms with van der Waals surface area (Å²) in [7, 11) is -2.19. The van der Waals surface area contributed by atoms with Crippen molar-refractivity contribution in [1.29, 1.82) is 0 Å². The lowest BCUT2D eigenvalue weighted by molar-refractivity contribution is 0.354. The number of benzene rings is 2. The summed E-state index contributed by atoms with van der Waals surface area (Å²) >= 11 is 0. The molecule has 2 aromatic rings. The fourth-order valence-electron chi connectivity index (χ4n) is 2.46. The van der Waals surface area contributed by atoms with Gasteiger partial charge in [0.05, 0.1) is 26.7 Å². The number of anilines is 1. The molecule has 0 saturated carbocycles. The van der Waals surface area contributed by atoms with E-state index in [2.05, 4.69) is 4.72 Å². The quantitative estimate of drug-likeness (QED) is 0.734. The highest BCUT2D eigenvalue weighted by Gasteiger charge is 2.38. The highest BCUT2D eigenvalue weighted by Crippen LogP contribution is 2.30. The highest BCUT2D eigenvalue weighted by molar-refractivity contribution is 7.92. The van der Waals surface area contributed by atoms with E-state index in [1.807, 2.05) is 19.0 Å². The largest absolute Gasteiger partial charge is 0.378 e. The van der Waals surface area contributed by atoms with Crippen molar-refractivity contribution in [3.63, 3.8) is 0 Å². The van der Waals surface area contributed by atoms with Crippen LogP contribution in [-0.2, 0) is 20.8 Å². The average Bonchev–Trinajstić information content (AvgIpc) is 2.65. The van der Waals surface area contributed by atoms with Gasteiger partial charge in [-0.05, 0) is 50.6 Å². The van der Waals surface area contributed by atoms with Gasteiger partial charge in [0, 0.05) is 19.8 Å². The molecule has 154 valence electrons. The number of hydrogen-bond donors (Lipinski definition) is 1. The molecular formula is C20H27FN2O3S2. The van der Waals surface area contributed by atoms with E-state index in [0.717, 1.165) is 5.69 Å². The van der Waals surface area contributed by atoms with Gasteiger partial charge in [0.1, 0.15) is 0 Å². The van der Waals surface area contributed by atoms with Crippen LogP contribution in [0.5, 0.6) is 0 Å². The van der Waals surface area contributed by atoms with Gasteiger partial charge in [-0.2, -0.15) is 0 Å². The minimum absolute atomic E-state index is 0.110. The van der Waals surface area contributed by atoms with Crippen molar-refractivity contribution in [2.45, 2.75) is 42.0 Å². The molecule has 3 atom stereocenters. The summed E-state index contributed by atoms with van der Waals surface area (Å²) in [6.45, 7) is 5.21. The molecule has 0 aliphatic rings. The minimum Gasteiger partial charge on any atom is -0.378 e. The highest BCUT2D eigenvalue weighted by atomic mass is 32.2. The normalized spacial score (nSPS) is 15.6. The molecule has 0 fully saturated rings. The molecule has 2 aromatic carbocycles. The molecule has 0 aliphatic carbocycles. The van der Waals surface area contributed by atoms with E-state index in [1.165, 1.54) is 12.1 Å². The van der Waals surface area contributed by atoms with E-state index in [4.69, 9.17) is 0 Å². The van der Waals surface area contributed by atoms with Crippen molar-refractivity contribution in [1.82, 2.24) is 4.72 Å². The van der Waals surface area contributed by atoms with E-state index < -0.39 is 37.1 Å². The zero-order chi connectivity index (χ0) is 21.1. The van der Waals surface area contributed by atoms with Crippen molar-refractivity contribution in [3.05, 3.63) is 60.2 Å². The van der Waals surface area contributed by atoms with Crippen molar-refractivity contribution >= 4 is 26.5 Å². The standard InChI is InChI=1S/C20H27FN2O3S2/c1-20(2,3)27(24)22-18(15-11-13-16(14-12-15)23(4)5)19(21)28(25,26)17-9-7-6-8-10-17/h6-14,18-19,22H,1-5H3/t18-,19+,27+/m0/s1. The Balaban J connectivity index is 2.47. The predicted molar refractivity (Wildman–Crippen MR) is 113 cm³/mol. The van der Waals surface area contributed by atoms with Crippen LogP contribution >= 0.6 is 0 Å². The molecule has 0 bridgehead atoms. The van der Waals surface area contributed by atoms with Crippen LogP contribution in [0.3, 0.4) is 0 Å². The van der Waals surface area contributed by atoms with Gasteiger partial charge in [-0.15, -0.1) is 0 Å². The predicted octanol–water partition coefficient (Wildman–Crippen LogP) is 3.62. The molecule has 2 rings (SSSR count). The van der Waals surface area contributed by atoms with Crippen molar-refractivity contribution in [2.24, 2.45) is 0 Å². The van der Waals surface area contributed by atoms with Gasteiger partial charge in [0.2, 0.25) is 15.3 Å². The first-order valence-electron chi connectivity index (χ1n) is 8.83. The molecule has 0 spiro atoms. The molecule has 0 saturated heterocycles. The van der Waals surface area contributed by atoms with Crippen LogP contribution in [0, 0.1) is 0 Å². The Labute approximate surface area is 169 Å². The molecule has 0 aliphatic heterocycles. The number of nitrogens with zero attached hydrogens (tertiary/aromatic N) is 1. The zero-order valence-corrected chi connectivity index (χ0v) is 18.4. The first-order chi connectivity index (χ1) is 12.9. The van der Waals surface area contributed by atoms with Crippen LogP contribution in [0.25, 0.3) is 0 Å². The van der Waals surface area contributed by atoms with Gasteiger partial charge in [-0.25, -0.2) is 21.7 Å². The third-order valence-corrected chi connectivity index (χ3v) is 7.56. The molecule has 5 nitrogen and oxygen atoms in total. The third-order valence-electron chi connectivity index (χ3n) is 4.19. The number of nitrogens with one attached hydrogen (secondary N) is 1. The van der Waals surface area contributed by atoms with E-state index in [-0.39, 0.29) is 4.90 Å². The molecule has 0 aromatic heterocycles. The topological polar surface area (TPSA) is 66.5 Å². The van der Waals surface area contributed by atoms with E-state index >= 15 is 4.39 Å². The summed E-state index contributed by atoms with van der Waals surface area (Å²) in [5.41, 5.74) is -0.998. The Morgan fingerprint density at radius 2 is 1.54 bits per heavy atom. The van der Waals surface area contributed by atoms with Crippen LogP contribution in [-0.4, -0.2) is 37.0 Å². The fourth-order valence-corrected chi connectivity index (χ4v) is 4.77. The lowest BCUT2D eigenvalue weighted by atomic mass is 10.1. The number of rotatable bonds is 7. The third kappa shape index (κ3) is 5.18. The molecule has 1 N–H and O–H groups in total. The van der Waals surface area contributed by atoms with E-state index in [1.54, 1.807) is 63.2 Å². The summed E-state index contributed by atoms with van der Waals surface area (Å²) < 4.78 is 55.7. The maximum Gasteiger partial charge on any atom is 0.225 e. The fraction of sp³-hybridized carbons (Fsp3) is 0.400. The summed E-state index contributed by atoms with van der Waals surface area (Å²) in [5, 5.41) is 0. The molecule has 0 radical (unpaired) electrons. The van der Waals surface area contributed by atoms with Crippen LogP contribution in [0.4, 0.5) is 10.1 Å². The second-order valence-corrected chi connectivity index (χ2v) is 11.7. The number of alkyl halides is 1. The van der Waals surface area contributed by atoms with Crippen LogP contribution in [0.2, 0.25) is 0 Å². The summed E-state index contributed by atoms with van der Waals surface area (Å²) in [4.78, 5) is 1.77. The van der Waals surface area contributed by atoms with E-state index in [0.29, 0.717) is 5.56 Å². The lowest BCUT2D eigenvalue weighted by Crippen LogP contribution is -2.41. The molecule has 0 unspecified atom stereocenters. The van der Waals surface area contributed by atoms with Gasteiger partial charge >= 0.3 is 0 Å². The van der Waals surface area contributed by atoms with E-state index in [9.17, 15) is 12.6 Å². The number of hydrogen-bond acceptors (Lipinski definition) is 4.